The Labute approximate surface area is 166 Å². The highest BCUT2D eigenvalue weighted by molar-refractivity contribution is 5.97. The molecule has 5 nitrogen and oxygen atoms in total. The van der Waals surface area contributed by atoms with Crippen LogP contribution in [-0.4, -0.2) is 50.4 Å². The minimum Gasteiger partial charge on any atom is -0.378 e. The van der Waals surface area contributed by atoms with Gasteiger partial charge in [-0.05, 0) is 49.7 Å². The first-order valence-electron chi connectivity index (χ1n) is 9.81. The molecule has 0 bridgehead atoms. The van der Waals surface area contributed by atoms with Crippen LogP contribution in [0.3, 0.4) is 0 Å². The van der Waals surface area contributed by atoms with E-state index in [0.717, 1.165) is 17.8 Å². The second kappa shape index (κ2) is 6.97. The van der Waals surface area contributed by atoms with Crippen LogP contribution in [0.2, 0.25) is 0 Å². The molecular weight excluding hydrogens is 350 g/mol. The van der Waals surface area contributed by atoms with Gasteiger partial charge in [-0.3, -0.25) is 9.59 Å². The molecule has 4 rings (SSSR count). The minimum atomic E-state index is -0.124. The Morgan fingerprint density at radius 2 is 1.68 bits per heavy atom. The number of anilines is 2. The lowest BCUT2D eigenvalue weighted by Gasteiger charge is -2.24. The normalized spacial score (nSPS) is 21.6. The molecule has 5 heteroatoms. The number of likely N-dealkylation sites (tertiary alicyclic amines) is 1. The molecular formula is C23H27N3O2. The van der Waals surface area contributed by atoms with E-state index < -0.39 is 0 Å². The van der Waals surface area contributed by atoms with Gasteiger partial charge >= 0.3 is 0 Å². The van der Waals surface area contributed by atoms with E-state index in [2.05, 4.69) is 0 Å². The van der Waals surface area contributed by atoms with Crippen LogP contribution >= 0.6 is 0 Å². The van der Waals surface area contributed by atoms with Gasteiger partial charge in [-0.2, -0.15) is 0 Å². The first-order valence-corrected chi connectivity index (χ1v) is 9.81. The van der Waals surface area contributed by atoms with Crippen LogP contribution in [0.15, 0.2) is 48.5 Å². The molecule has 2 heterocycles. The van der Waals surface area contributed by atoms with E-state index >= 15 is 0 Å². The van der Waals surface area contributed by atoms with Crippen LogP contribution in [0, 0.1) is 12.3 Å². The van der Waals surface area contributed by atoms with Gasteiger partial charge in [0.15, 0.2) is 0 Å². The fourth-order valence-electron chi connectivity index (χ4n) is 4.32. The maximum absolute atomic E-state index is 13.0. The van der Waals surface area contributed by atoms with Crippen LogP contribution < -0.4 is 9.80 Å². The lowest BCUT2D eigenvalue weighted by molar-refractivity contribution is -0.117. The summed E-state index contributed by atoms with van der Waals surface area (Å²) >= 11 is 0. The molecule has 2 aromatic carbocycles. The van der Waals surface area contributed by atoms with Gasteiger partial charge in [-0.15, -0.1) is 0 Å². The fourth-order valence-corrected chi connectivity index (χ4v) is 4.32. The molecule has 1 atom stereocenters. The summed E-state index contributed by atoms with van der Waals surface area (Å²) in [6, 6.07) is 15.8. The highest BCUT2D eigenvalue weighted by Gasteiger charge is 2.48. The van der Waals surface area contributed by atoms with Gasteiger partial charge in [0.25, 0.3) is 5.91 Å². The molecule has 2 aliphatic heterocycles. The summed E-state index contributed by atoms with van der Waals surface area (Å²) in [6.45, 7) is 4.10. The first kappa shape index (κ1) is 18.5. The Kier molecular flexibility index (Phi) is 4.61. The van der Waals surface area contributed by atoms with Gasteiger partial charge in [0.2, 0.25) is 5.91 Å². The monoisotopic (exact) mass is 377 g/mol. The van der Waals surface area contributed by atoms with E-state index in [1.807, 2.05) is 84.2 Å². The quantitative estimate of drug-likeness (QED) is 0.824. The van der Waals surface area contributed by atoms with Gasteiger partial charge in [0.05, 0.1) is 0 Å². The van der Waals surface area contributed by atoms with Gasteiger partial charge in [-0.1, -0.05) is 17.7 Å². The predicted octanol–water partition coefficient (Wildman–Crippen LogP) is 3.33. The van der Waals surface area contributed by atoms with Gasteiger partial charge < -0.3 is 14.7 Å². The predicted molar refractivity (Wildman–Crippen MR) is 112 cm³/mol. The van der Waals surface area contributed by atoms with Gasteiger partial charge in [0.1, 0.15) is 0 Å². The Morgan fingerprint density at radius 3 is 2.32 bits per heavy atom. The summed E-state index contributed by atoms with van der Waals surface area (Å²) in [7, 11) is 3.97. The number of hydrogen-bond acceptors (Lipinski definition) is 3. The number of hydrogen-bond donors (Lipinski definition) is 0. The Bertz CT molecular complexity index is 889. The van der Waals surface area contributed by atoms with Crippen molar-refractivity contribution in [3.05, 3.63) is 59.7 Å². The summed E-state index contributed by atoms with van der Waals surface area (Å²) in [4.78, 5) is 31.5. The lowest BCUT2D eigenvalue weighted by atomic mass is 9.86. The van der Waals surface area contributed by atoms with Crippen molar-refractivity contribution >= 4 is 23.2 Å². The number of nitrogens with zero attached hydrogens (tertiary/aromatic N) is 3. The Morgan fingerprint density at radius 1 is 1.00 bits per heavy atom. The number of amides is 2. The molecule has 2 fully saturated rings. The third-order valence-electron chi connectivity index (χ3n) is 6.02. The van der Waals surface area contributed by atoms with E-state index in [9.17, 15) is 9.59 Å². The molecule has 2 saturated heterocycles. The molecule has 0 saturated carbocycles. The van der Waals surface area contributed by atoms with Crippen LogP contribution in [0.5, 0.6) is 0 Å². The van der Waals surface area contributed by atoms with E-state index in [0.29, 0.717) is 31.6 Å². The molecule has 146 valence electrons. The third kappa shape index (κ3) is 3.37. The molecule has 1 unspecified atom stereocenters. The highest BCUT2D eigenvalue weighted by atomic mass is 16.2. The number of benzene rings is 2. The first-order chi connectivity index (χ1) is 13.4. The molecule has 0 aliphatic carbocycles. The van der Waals surface area contributed by atoms with Gasteiger partial charge in [0, 0.05) is 62.5 Å². The zero-order chi connectivity index (χ0) is 19.9. The fraction of sp³-hybridized carbons (Fsp3) is 0.391. The van der Waals surface area contributed by atoms with E-state index in [4.69, 9.17) is 0 Å². The number of carbonyl (C=O) groups excluding carboxylic acids is 2. The van der Waals surface area contributed by atoms with E-state index in [1.165, 1.54) is 5.56 Å². The molecule has 28 heavy (non-hydrogen) atoms. The highest BCUT2D eigenvalue weighted by Crippen LogP contribution is 2.42. The molecule has 0 aromatic heterocycles. The van der Waals surface area contributed by atoms with E-state index in [-0.39, 0.29) is 17.2 Å². The van der Waals surface area contributed by atoms with Crippen molar-refractivity contribution in [3.8, 4) is 0 Å². The van der Waals surface area contributed by atoms with E-state index in [1.54, 1.807) is 0 Å². The molecule has 2 amide bonds. The SMILES string of the molecule is Cc1ccc(N2CC3(CCN(C(=O)c4ccc(N(C)C)cc4)C3)CC2=O)cc1. The average Bonchev–Trinajstić information content (AvgIpc) is 3.25. The standard InChI is InChI=1S/C23H27N3O2/c1-17-4-8-20(9-5-17)26-16-23(14-21(26)27)12-13-25(15-23)22(28)18-6-10-19(11-7-18)24(2)3/h4-11H,12-16H2,1-3H3. The summed E-state index contributed by atoms with van der Waals surface area (Å²) < 4.78 is 0. The van der Waals surface area contributed by atoms with Crippen molar-refractivity contribution in [2.24, 2.45) is 5.41 Å². The van der Waals surface area contributed by atoms with Crippen molar-refractivity contribution in [1.29, 1.82) is 0 Å². The maximum atomic E-state index is 13.0. The lowest BCUT2D eigenvalue weighted by Crippen LogP contribution is -2.34. The van der Waals surface area contributed by atoms with Gasteiger partial charge in [-0.25, -0.2) is 0 Å². The topological polar surface area (TPSA) is 43.9 Å². The van der Waals surface area contributed by atoms with Crippen LogP contribution in [0.4, 0.5) is 11.4 Å². The molecule has 2 aromatic rings. The zero-order valence-electron chi connectivity index (χ0n) is 16.8. The minimum absolute atomic E-state index is 0.0587. The summed E-state index contributed by atoms with van der Waals surface area (Å²) in [6.07, 6.45) is 1.40. The Hall–Kier alpha value is -2.82. The average molecular weight is 377 g/mol. The van der Waals surface area contributed by atoms with Crippen molar-refractivity contribution in [2.45, 2.75) is 19.8 Å². The Balaban J connectivity index is 1.46. The molecule has 2 aliphatic rings. The molecule has 1 spiro atoms. The van der Waals surface area contributed by atoms with Crippen LogP contribution in [0.25, 0.3) is 0 Å². The summed E-state index contributed by atoms with van der Waals surface area (Å²) in [5.74, 6) is 0.219. The van der Waals surface area contributed by atoms with Crippen molar-refractivity contribution < 1.29 is 9.59 Å². The van der Waals surface area contributed by atoms with Crippen molar-refractivity contribution in [1.82, 2.24) is 4.90 Å². The largest absolute Gasteiger partial charge is 0.378 e. The number of rotatable bonds is 3. The summed E-state index contributed by atoms with van der Waals surface area (Å²) in [5, 5.41) is 0. The second-order valence-corrected chi connectivity index (χ2v) is 8.41. The number of aryl methyl sites for hydroxylation is 1. The number of carbonyl (C=O) groups is 2. The van der Waals surface area contributed by atoms with Crippen LogP contribution in [0.1, 0.15) is 28.8 Å². The second-order valence-electron chi connectivity index (χ2n) is 8.41. The smallest absolute Gasteiger partial charge is 0.253 e. The third-order valence-corrected chi connectivity index (χ3v) is 6.02. The van der Waals surface area contributed by atoms with Crippen LogP contribution in [-0.2, 0) is 4.79 Å². The molecule has 0 radical (unpaired) electrons. The zero-order valence-corrected chi connectivity index (χ0v) is 16.8. The molecule has 0 N–H and O–H groups in total. The van der Waals surface area contributed by atoms with Crippen molar-refractivity contribution in [3.63, 3.8) is 0 Å². The summed E-state index contributed by atoms with van der Waals surface area (Å²) in [5.41, 5.74) is 3.80. The van der Waals surface area contributed by atoms with Crippen molar-refractivity contribution in [2.75, 3.05) is 43.5 Å². The maximum Gasteiger partial charge on any atom is 0.253 e.